The van der Waals surface area contributed by atoms with Crippen LogP contribution in [-0.2, 0) is 4.74 Å². The van der Waals surface area contributed by atoms with Crippen molar-refractivity contribution in [2.24, 2.45) is 5.92 Å². The molecule has 19 heavy (non-hydrogen) atoms. The molecule has 5 nitrogen and oxygen atoms in total. The fourth-order valence-corrected chi connectivity index (χ4v) is 2.33. The lowest BCUT2D eigenvalue weighted by Gasteiger charge is -2.24. The summed E-state index contributed by atoms with van der Waals surface area (Å²) in [7, 11) is 0. The summed E-state index contributed by atoms with van der Waals surface area (Å²) in [5.74, 6) is 0.449. The van der Waals surface area contributed by atoms with Crippen LogP contribution in [0, 0.1) is 12.8 Å². The van der Waals surface area contributed by atoms with Gasteiger partial charge in [0, 0.05) is 25.6 Å². The summed E-state index contributed by atoms with van der Waals surface area (Å²) >= 11 is 0. The second kappa shape index (κ2) is 6.02. The van der Waals surface area contributed by atoms with Gasteiger partial charge in [-0.2, -0.15) is 0 Å². The van der Waals surface area contributed by atoms with Crippen LogP contribution in [0.4, 0.5) is 5.69 Å². The zero-order valence-corrected chi connectivity index (χ0v) is 11.6. The summed E-state index contributed by atoms with van der Waals surface area (Å²) in [4.78, 5) is 18.5. The van der Waals surface area contributed by atoms with Crippen LogP contribution in [0.3, 0.4) is 0 Å². The van der Waals surface area contributed by atoms with Crippen LogP contribution in [0.15, 0.2) is 12.3 Å². The molecule has 1 aromatic heterocycles. The Morgan fingerprint density at radius 1 is 1.63 bits per heavy atom. The molecule has 2 N–H and O–H groups in total. The Morgan fingerprint density at radius 3 is 3.05 bits per heavy atom. The van der Waals surface area contributed by atoms with E-state index >= 15 is 0 Å². The van der Waals surface area contributed by atoms with E-state index in [4.69, 9.17) is 10.5 Å². The Kier molecular flexibility index (Phi) is 4.37. The van der Waals surface area contributed by atoms with Crippen molar-refractivity contribution >= 4 is 11.6 Å². The van der Waals surface area contributed by atoms with E-state index in [1.165, 1.54) is 0 Å². The lowest BCUT2D eigenvalue weighted by atomic mass is 10.1. The van der Waals surface area contributed by atoms with Gasteiger partial charge in [-0.05, 0) is 26.3 Å². The standard InChI is InChI=1S/C14H21N3O2/c1-3-17(8-11-4-5-19-9-11)14(18)13-6-12(15)7-16-10(13)2/h6-7,11H,3-5,8-9,15H2,1-2H3. The van der Waals surface area contributed by atoms with Crippen LogP contribution >= 0.6 is 0 Å². The number of nitrogen functional groups attached to an aromatic ring is 1. The van der Waals surface area contributed by atoms with Gasteiger partial charge in [0.1, 0.15) is 0 Å². The molecule has 1 aliphatic heterocycles. The number of nitrogens with zero attached hydrogens (tertiary/aromatic N) is 2. The van der Waals surface area contributed by atoms with E-state index in [1.54, 1.807) is 12.3 Å². The first-order chi connectivity index (χ1) is 9.11. The summed E-state index contributed by atoms with van der Waals surface area (Å²) in [6.45, 7) is 6.79. The Balaban J connectivity index is 2.12. The largest absolute Gasteiger partial charge is 0.397 e. The first-order valence-electron chi connectivity index (χ1n) is 6.71. The average Bonchev–Trinajstić information content (AvgIpc) is 2.91. The van der Waals surface area contributed by atoms with Crippen LogP contribution in [-0.4, -0.2) is 42.1 Å². The minimum Gasteiger partial charge on any atom is -0.397 e. The molecule has 1 saturated heterocycles. The number of rotatable bonds is 4. The minimum absolute atomic E-state index is 0.00620. The molecule has 104 valence electrons. The van der Waals surface area contributed by atoms with E-state index < -0.39 is 0 Å². The number of nitrogens with two attached hydrogens (primary N) is 1. The van der Waals surface area contributed by atoms with Crippen molar-refractivity contribution in [2.45, 2.75) is 20.3 Å². The number of pyridine rings is 1. The smallest absolute Gasteiger partial charge is 0.255 e. The third-order valence-electron chi connectivity index (χ3n) is 3.51. The number of aryl methyl sites for hydroxylation is 1. The quantitative estimate of drug-likeness (QED) is 0.893. The lowest BCUT2D eigenvalue weighted by Crippen LogP contribution is -2.36. The molecule has 1 aromatic rings. The van der Waals surface area contributed by atoms with Gasteiger partial charge in [-0.3, -0.25) is 9.78 Å². The fourth-order valence-electron chi connectivity index (χ4n) is 2.33. The molecule has 5 heteroatoms. The first-order valence-corrected chi connectivity index (χ1v) is 6.71. The molecule has 1 amide bonds. The molecule has 0 aliphatic carbocycles. The summed E-state index contributed by atoms with van der Waals surface area (Å²) in [6, 6.07) is 1.71. The van der Waals surface area contributed by atoms with Crippen molar-refractivity contribution in [3.05, 3.63) is 23.5 Å². The van der Waals surface area contributed by atoms with E-state index in [9.17, 15) is 4.79 Å². The summed E-state index contributed by atoms with van der Waals surface area (Å²) < 4.78 is 5.36. The Hall–Kier alpha value is -1.62. The highest BCUT2D eigenvalue weighted by atomic mass is 16.5. The maximum atomic E-state index is 12.5. The number of hydrogen-bond donors (Lipinski definition) is 1. The second-order valence-electron chi connectivity index (χ2n) is 4.98. The number of anilines is 1. The lowest BCUT2D eigenvalue weighted by molar-refractivity contribution is 0.0729. The molecule has 0 aromatic carbocycles. The summed E-state index contributed by atoms with van der Waals surface area (Å²) in [5.41, 5.74) is 7.56. The van der Waals surface area contributed by atoms with E-state index in [-0.39, 0.29) is 5.91 Å². The predicted molar refractivity (Wildman–Crippen MR) is 73.9 cm³/mol. The monoisotopic (exact) mass is 263 g/mol. The van der Waals surface area contributed by atoms with Crippen LogP contribution in [0.25, 0.3) is 0 Å². The molecule has 0 radical (unpaired) electrons. The van der Waals surface area contributed by atoms with Gasteiger partial charge >= 0.3 is 0 Å². The molecule has 2 rings (SSSR count). The first kappa shape index (κ1) is 13.8. The summed E-state index contributed by atoms with van der Waals surface area (Å²) in [5, 5.41) is 0. The highest BCUT2D eigenvalue weighted by Crippen LogP contribution is 2.17. The zero-order chi connectivity index (χ0) is 13.8. The summed E-state index contributed by atoms with van der Waals surface area (Å²) in [6.07, 6.45) is 2.60. The van der Waals surface area contributed by atoms with Gasteiger partial charge in [-0.1, -0.05) is 0 Å². The maximum absolute atomic E-state index is 12.5. The van der Waals surface area contributed by atoms with Crippen molar-refractivity contribution in [2.75, 3.05) is 32.0 Å². The highest BCUT2D eigenvalue weighted by Gasteiger charge is 2.23. The minimum atomic E-state index is 0.00620. The van der Waals surface area contributed by atoms with E-state index in [2.05, 4.69) is 4.98 Å². The normalized spacial score (nSPS) is 18.5. The van der Waals surface area contributed by atoms with E-state index in [1.807, 2.05) is 18.7 Å². The van der Waals surface area contributed by atoms with E-state index in [0.29, 0.717) is 23.7 Å². The number of amides is 1. The fraction of sp³-hybridized carbons (Fsp3) is 0.571. The highest BCUT2D eigenvalue weighted by molar-refractivity contribution is 5.96. The molecule has 0 bridgehead atoms. The van der Waals surface area contributed by atoms with Gasteiger partial charge < -0.3 is 15.4 Å². The number of hydrogen-bond acceptors (Lipinski definition) is 4. The van der Waals surface area contributed by atoms with Crippen molar-refractivity contribution in [1.29, 1.82) is 0 Å². The van der Waals surface area contributed by atoms with Gasteiger partial charge in [0.05, 0.1) is 29.7 Å². The molecule has 1 aliphatic rings. The van der Waals surface area contributed by atoms with Crippen molar-refractivity contribution in [3.8, 4) is 0 Å². The SMILES string of the molecule is CCN(CC1CCOC1)C(=O)c1cc(N)cnc1C. The Bertz CT molecular complexity index is 456. The van der Waals surface area contributed by atoms with Gasteiger partial charge in [0.2, 0.25) is 0 Å². The molecule has 2 heterocycles. The predicted octanol–water partition coefficient (Wildman–Crippen LogP) is 1.47. The Labute approximate surface area is 113 Å². The molecule has 1 atom stereocenters. The molecular formula is C14H21N3O2. The van der Waals surface area contributed by atoms with Crippen molar-refractivity contribution < 1.29 is 9.53 Å². The zero-order valence-electron chi connectivity index (χ0n) is 11.6. The van der Waals surface area contributed by atoms with Crippen LogP contribution in [0.2, 0.25) is 0 Å². The van der Waals surface area contributed by atoms with Gasteiger partial charge in [-0.25, -0.2) is 0 Å². The maximum Gasteiger partial charge on any atom is 0.255 e. The number of carbonyl (C=O) groups excluding carboxylic acids is 1. The molecule has 1 unspecified atom stereocenters. The van der Waals surface area contributed by atoms with Gasteiger partial charge in [0.25, 0.3) is 5.91 Å². The average molecular weight is 263 g/mol. The topological polar surface area (TPSA) is 68.5 Å². The number of ether oxygens (including phenoxy) is 1. The van der Waals surface area contributed by atoms with Crippen molar-refractivity contribution in [1.82, 2.24) is 9.88 Å². The van der Waals surface area contributed by atoms with Crippen LogP contribution < -0.4 is 5.73 Å². The number of carbonyl (C=O) groups is 1. The second-order valence-corrected chi connectivity index (χ2v) is 4.98. The van der Waals surface area contributed by atoms with Crippen LogP contribution in [0.5, 0.6) is 0 Å². The third-order valence-corrected chi connectivity index (χ3v) is 3.51. The van der Waals surface area contributed by atoms with Crippen LogP contribution in [0.1, 0.15) is 29.4 Å². The van der Waals surface area contributed by atoms with Gasteiger partial charge in [-0.15, -0.1) is 0 Å². The third kappa shape index (κ3) is 3.23. The number of aromatic nitrogens is 1. The molecule has 0 spiro atoms. The van der Waals surface area contributed by atoms with Gasteiger partial charge in [0.15, 0.2) is 0 Å². The van der Waals surface area contributed by atoms with Crippen molar-refractivity contribution in [3.63, 3.8) is 0 Å². The molecule has 1 fully saturated rings. The Morgan fingerprint density at radius 2 is 2.42 bits per heavy atom. The molecular weight excluding hydrogens is 242 g/mol. The molecule has 0 saturated carbocycles. The van der Waals surface area contributed by atoms with E-state index in [0.717, 1.165) is 31.9 Å².